The summed E-state index contributed by atoms with van der Waals surface area (Å²) in [6.45, 7) is 3.22. The van der Waals surface area contributed by atoms with Crippen LogP contribution in [0.5, 0.6) is 11.5 Å². The van der Waals surface area contributed by atoms with E-state index in [1.54, 1.807) is 14.0 Å². The maximum Gasteiger partial charge on any atom is 0.166 e. The molecule has 5 heteroatoms. The van der Waals surface area contributed by atoms with Crippen molar-refractivity contribution in [3.05, 3.63) is 71.3 Å². The molecule has 2 unspecified atom stereocenters. The topological polar surface area (TPSA) is 48.0 Å². The second kappa shape index (κ2) is 6.73. The second-order valence-corrected chi connectivity index (χ2v) is 10.9. The van der Waals surface area contributed by atoms with Crippen LogP contribution in [0.1, 0.15) is 36.5 Å². The van der Waals surface area contributed by atoms with Gasteiger partial charge in [0.15, 0.2) is 11.5 Å². The highest BCUT2D eigenvalue weighted by Crippen LogP contribution is 2.74. The number of methoxy groups -OCH3 is 1. The predicted octanol–water partition coefficient (Wildman–Crippen LogP) is 4.07. The Hall–Kier alpha value is -2.63. The zero-order valence-electron chi connectivity index (χ0n) is 20.0. The third-order valence-electron chi connectivity index (χ3n) is 9.79. The Labute approximate surface area is 200 Å². The Morgan fingerprint density at radius 1 is 1.18 bits per heavy atom. The molecule has 0 radical (unpaired) electrons. The maximum atomic E-state index is 13.0. The van der Waals surface area contributed by atoms with E-state index in [9.17, 15) is 4.79 Å². The van der Waals surface area contributed by atoms with Crippen LogP contribution in [0.25, 0.3) is 0 Å². The van der Waals surface area contributed by atoms with Crippen molar-refractivity contribution in [2.75, 3.05) is 20.7 Å². The number of hydrogen-bond donors (Lipinski definition) is 0. The molecule has 0 N–H and O–H groups in total. The highest BCUT2D eigenvalue weighted by molar-refractivity contribution is 5.82. The minimum atomic E-state index is -0.752. The molecular weight excluding hydrogens is 426 g/mol. The van der Waals surface area contributed by atoms with Gasteiger partial charge < -0.3 is 19.1 Å². The molecule has 6 aliphatic rings. The van der Waals surface area contributed by atoms with E-state index in [2.05, 4.69) is 48.4 Å². The van der Waals surface area contributed by atoms with Crippen LogP contribution in [0.3, 0.4) is 0 Å². The zero-order chi connectivity index (χ0) is 23.3. The van der Waals surface area contributed by atoms with E-state index < -0.39 is 5.60 Å². The smallest absolute Gasteiger partial charge is 0.166 e. The Balaban J connectivity index is 1.42. The molecule has 0 amide bonds. The van der Waals surface area contributed by atoms with E-state index in [1.165, 1.54) is 11.1 Å². The number of piperidine rings is 1. The van der Waals surface area contributed by atoms with Crippen LogP contribution in [0.4, 0.5) is 0 Å². The van der Waals surface area contributed by atoms with Crippen LogP contribution in [0, 0.1) is 11.3 Å². The number of nitrogens with zero attached hydrogens (tertiary/aromatic N) is 1. The van der Waals surface area contributed by atoms with E-state index in [0.717, 1.165) is 42.9 Å². The third kappa shape index (κ3) is 2.21. The molecule has 4 aliphatic carbocycles. The molecule has 4 bridgehead atoms. The summed E-state index contributed by atoms with van der Waals surface area (Å²) in [5.41, 5.74) is 2.72. The van der Waals surface area contributed by atoms with E-state index >= 15 is 0 Å². The summed E-state index contributed by atoms with van der Waals surface area (Å²) in [7, 11) is 3.98. The van der Waals surface area contributed by atoms with Gasteiger partial charge in [-0.1, -0.05) is 48.6 Å². The quantitative estimate of drug-likeness (QED) is 0.634. The van der Waals surface area contributed by atoms with Crippen LogP contribution in [0.2, 0.25) is 0 Å². The summed E-state index contributed by atoms with van der Waals surface area (Å²) in [5, 5.41) is 0. The number of benzene rings is 2. The lowest BCUT2D eigenvalue weighted by molar-refractivity contribution is -0.212. The molecular formula is C29H31NO4. The first-order valence-electron chi connectivity index (χ1n) is 12.4. The summed E-state index contributed by atoms with van der Waals surface area (Å²) in [6, 6.07) is 14.9. The number of hydrogen-bond acceptors (Lipinski definition) is 5. The Kier molecular flexibility index (Phi) is 4.10. The van der Waals surface area contributed by atoms with E-state index in [-0.39, 0.29) is 28.6 Å². The number of fused-ring (bicyclic) bond motifs is 1. The Morgan fingerprint density at radius 3 is 2.76 bits per heavy atom. The average Bonchev–Trinajstić information content (AvgIpc) is 3.23. The molecule has 2 heterocycles. The van der Waals surface area contributed by atoms with Crippen molar-refractivity contribution in [3.63, 3.8) is 0 Å². The van der Waals surface area contributed by atoms with Gasteiger partial charge in [-0.05, 0) is 57.0 Å². The van der Waals surface area contributed by atoms with Crippen molar-refractivity contribution in [2.45, 2.75) is 56.0 Å². The van der Waals surface area contributed by atoms with Gasteiger partial charge in [-0.2, -0.15) is 0 Å². The fraction of sp³-hybridized carbons (Fsp3) is 0.483. The summed E-state index contributed by atoms with van der Waals surface area (Å²) in [5.74, 6) is 1.65. The first-order chi connectivity index (χ1) is 16.5. The number of carbonyl (C=O) groups excluding carboxylic acids is 1. The lowest BCUT2D eigenvalue weighted by Gasteiger charge is -2.70. The SMILES string of the molecule is CO[C@]12C=C[C@@]3(C[C@H]1C(C)=O)C1Cc4ccc(OCc5ccccc5)c5c4C3(CCN1C)[C@H]2O5. The Morgan fingerprint density at radius 2 is 2.00 bits per heavy atom. The molecule has 2 aliphatic heterocycles. The van der Waals surface area contributed by atoms with E-state index in [0.29, 0.717) is 12.6 Å². The van der Waals surface area contributed by atoms with Gasteiger partial charge in [0.2, 0.25) is 0 Å². The maximum absolute atomic E-state index is 13.0. The van der Waals surface area contributed by atoms with Crippen LogP contribution >= 0.6 is 0 Å². The highest BCUT2D eigenvalue weighted by Gasteiger charge is 2.79. The van der Waals surface area contributed by atoms with Crippen molar-refractivity contribution < 1.29 is 19.0 Å². The molecule has 2 fully saturated rings. The van der Waals surface area contributed by atoms with Gasteiger partial charge in [-0.3, -0.25) is 4.79 Å². The van der Waals surface area contributed by atoms with Crippen LogP contribution in [-0.4, -0.2) is 49.1 Å². The number of Topliss-reactive ketones (excluding diaryl/α,β-unsaturated/α-hetero) is 1. The van der Waals surface area contributed by atoms with Crippen molar-refractivity contribution in [1.82, 2.24) is 4.90 Å². The van der Waals surface area contributed by atoms with Crippen LogP contribution < -0.4 is 9.47 Å². The van der Waals surface area contributed by atoms with Gasteiger partial charge in [0.25, 0.3) is 0 Å². The number of ether oxygens (including phenoxy) is 3. The predicted molar refractivity (Wildman–Crippen MR) is 128 cm³/mol. The summed E-state index contributed by atoms with van der Waals surface area (Å²) >= 11 is 0. The van der Waals surface area contributed by atoms with Crippen molar-refractivity contribution in [3.8, 4) is 11.5 Å². The molecule has 2 aromatic carbocycles. The summed E-state index contributed by atoms with van der Waals surface area (Å²) in [4.78, 5) is 15.5. The molecule has 34 heavy (non-hydrogen) atoms. The monoisotopic (exact) mass is 457 g/mol. The summed E-state index contributed by atoms with van der Waals surface area (Å²) < 4.78 is 19.6. The zero-order valence-corrected chi connectivity index (χ0v) is 20.0. The molecule has 0 aromatic heterocycles. The largest absolute Gasteiger partial charge is 0.485 e. The normalized spacial score (nSPS) is 38.4. The van der Waals surface area contributed by atoms with Gasteiger partial charge >= 0.3 is 0 Å². The van der Waals surface area contributed by atoms with Gasteiger partial charge in [-0.15, -0.1) is 0 Å². The minimum absolute atomic E-state index is 0.141. The average molecular weight is 458 g/mol. The number of likely N-dealkylation sites (tertiary alicyclic amines) is 1. The lowest BCUT2D eigenvalue weighted by Crippen LogP contribution is -2.79. The van der Waals surface area contributed by atoms with Gasteiger partial charge in [0.1, 0.15) is 24.1 Å². The van der Waals surface area contributed by atoms with Gasteiger partial charge in [0, 0.05) is 24.1 Å². The molecule has 6 atom stereocenters. The third-order valence-corrected chi connectivity index (χ3v) is 9.79. The van der Waals surface area contributed by atoms with Crippen molar-refractivity contribution in [1.29, 1.82) is 0 Å². The molecule has 1 saturated heterocycles. The molecule has 2 spiro atoms. The van der Waals surface area contributed by atoms with Crippen LogP contribution in [-0.2, 0) is 28.0 Å². The fourth-order valence-corrected chi connectivity index (χ4v) is 8.35. The highest BCUT2D eigenvalue weighted by atomic mass is 16.6. The number of rotatable bonds is 5. The summed E-state index contributed by atoms with van der Waals surface area (Å²) in [6.07, 6.45) is 7.13. The van der Waals surface area contributed by atoms with Gasteiger partial charge in [0.05, 0.1) is 11.3 Å². The van der Waals surface area contributed by atoms with E-state index in [1.807, 2.05) is 18.2 Å². The molecule has 2 aromatic rings. The van der Waals surface area contributed by atoms with Crippen LogP contribution in [0.15, 0.2) is 54.6 Å². The van der Waals surface area contributed by atoms with Gasteiger partial charge in [-0.25, -0.2) is 0 Å². The number of likely N-dealkylation sites (N-methyl/N-ethyl adjacent to an activating group) is 1. The molecule has 176 valence electrons. The molecule has 1 saturated carbocycles. The fourth-order valence-electron chi connectivity index (χ4n) is 8.35. The van der Waals surface area contributed by atoms with E-state index in [4.69, 9.17) is 14.2 Å². The molecule has 8 rings (SSSR count). The standard InChI is InChI=1S/C29H31NO4/c1-18(31)21-16-27-11-12-29(21,32-3)26-28(27)13-14-30(2)23(27)15-20-9-10-22(25(34-26)24(20)28)33-17-19-7-5-4-6-8-19/h4-12,21,23,26H,13-17H2,1-3H3/t21-,23?,26+,27+,28?,29+/m0/s1. The second-order valence-electron chi connectivity index (χ2n) is 10.9. The van der Waals surface area contributed by atoms with Crippen molar-refractivity contribution in [2.24, 2.45) is 11.3 Å². The number of carbonyl (C=O) groups is 1. The first kappa shape index (κ1) is 20.7. The number of ketones is 1. The minimum Gasteiger partial charge on any atom is -0.485 e. The van der Waals surface area contributed by atoms with Crippen molar-refractivity contribution >= 4 is 5.78 Å². The molecule has 5 nitrogen and oxygen atoms in total. The Bertz CT molecular complexity index is 1220. The first-order valence-corrected chi connectivity index (χ1v) is 12.4. The lowest BCUT2D eigenvalue weighted by atomic mass is 9.37.